The van der Waals surface area contributed by atoms with Gasteiger partial charge in [0.1, 0.15) is 0 Å². The fourth-order valence-electron chi connectivity index (χ4n) is 1.28. The number of carbonyl (C=O) groups is 1. The summed E-state index contributed by atoms with van der Waals surface area (Å²) in [6.07, 6.45) is 0.472. The van der Waals surface area contributed by atoms with Crippen molar-refractivity contribution in [3.63, 3.8) is 0 Å². The van der Waals surface area contributed by atoms with E-state index >= 15 is 0 Å². The van der Waals surface area contributed by atoms with E-state index in [9.17, 15) is 4.79 Å². The van der Waals surface area contributed by atoms with Gasteiger partial charge in [-0.25, -0.2) is 4.98 Å². The summed E-state index contributed by atoms with van der Waals surface area (Å²) in [5, 5.41) is 5.35. The third-order valence-corrected chi connectivity index (χ3v) is 2.90. The van der Waals surface area contributed by atoms with Crippen molar-refractivity contribution in [3.05, 3.63) is 35.7 Å². The fraction of sp³-hybridized carbons (Fsp3) is 0.286. The summed E-state index contributed by atoms with van der Waals surface area (Å²) < 4.78 is 0. The predicted octanol–water partition coefficient (Wildman–Crippen LogP) is 4.18. The minimum atomic E-state index is -0.00559. The highest BCUT2D eigenvalue weighted by Crippen LogP contribution is 2.24. The molecule has 0 radical (unpaired) electrons. The second-order valence-corrected chi connectivity index (χ2v) is 4.16. The Balaban J connectivity index is 0.000000771. The molecule has 4 heteroatoms. The number of carbonyl (C=O) groups excluding carboxylic acids is 1. The number of thiazole rings is 1. The minimum absolute atomic E-state index is 0.00559. The lowest BCUT2D eigenvalue weighted by atomic mass is 10.2. The van der Waals surface area contributed by atoms with Gasteiger partial charge in [-0.05, 0) is 0 Å². The zero-order valence-electron chi connectivity index (χ0n) is 10.9. The third kappa shape index (κ3) is 3.96. The van der Waals surface area contributed by atoms with Crippen LogP contribution in [0, 0.1) is 0 Å². The molecule has 0 aliphatic rings. The Morgan fingerprint density at radius 2 is 1.94 bits per heavy atom. The van der Waals surface area contributed by atoms with E-state index < -0.39 is 0 Å². The van der Waals surface area contributed by atoms with Crippen molar-refractivity contribution in [2.24, 2.45) is 0 Å². The highest BCUT2D eigenvalue weighted by Gasteiger charge is 2.05. The first-order valence-corrected chi connectivity index (χ1v) is 6.98. The van der Waals surface area contributed by atoms with Gasteiger partial charge in [0.05, 0.1) is 5.69 Å². The van der Waals surface area contributed by atoms with E-state index in [-0.39, 0.29) is 5.91 Å². The number of amides is 1. The second-order valence-electron chi connectivity index (χ2n) is 3.31. The van der Waals surface area contributed by atoms with Crippen LogP contribution < -0.4 is 5.32 Å². The van der Waals surface area contributed by atoms with Crippen molar-refractivity contribution < 1.29 is 4.79 Å². The van der Waals surface area contributed by atoms with Gasteiger partial charge in [0.15, 0.2) is 5.13 Å². The van der Waals surface area contributed by atoms with Crippen LogP contribution >= 0.6 is 11.3 Å². The number of hydrogen-bond donors (Lipinski definition) is 1. The SMILES string of the molecule is CC.CCC(=O)Nc1nc(-c2ccccc2)cs1. The standard InChI is InChI=1S/C12H12N2OS.C2H6/c1-2-11(15)14-12-13-10(8-16-12)9-6-4-3-5-7-9;1-2/h3-8H,2H2,1H3,(H,13,14,15);1-2H3. The molecule has 0 bridgehead atoms. The summed E-state index contributed by atoms with van der Waals surface area (Å²) >= 11 is 1.45. The van der Waals surface area contributed by atoms with Gasteiger partial charge < -0.3 is 5.32 Å². The highest BCUT2D eigenvalue weighted by atomic mass is 32.1. The Morgan fingerprint density at radius 1 is 1.28 bits per heavy atom. The van der Waals surface area contributed by atoms with Gasteiger partial charge in [-0.15, -0.1) is 11.3 Å². The number of aromatic nitrogens is 1. The molecule has 1 heterocycles. The average Bonchev–Trinajstić information content (AvgIpc) is 2.90. The average molecular weight is 262 g/mol. The fourth-order valence-corrected chi connectivity index (χ4v) is 2.02. The van der Waals surface area contributed by atoms with E-state index in [1.165, 1.54) is 11.3 Å². The summed E-state index contributed by atoms with van der Waals surface area (Å²) in [5.41, 5.74) is 1.97. The van der Waals surface area contributed by atoms with Gasteiger partial charge in [0.25, 0.3) is 0 Å². The van der Waals surface area contributed by atoms with Gasteiger partial charge in [-0.3, -0.25) is 4.79 Å². The van der Waals surface area contributed by atoms with Crippen molar-refractivity contribution in [1.29, 1.82) is 0 Å². The largest absolute Gasteiger partial charge is 0.302 e. The number of nitrogens with zero attached hydrogens (tertiary/aromatic N) is 1. The number of benzene rings is 1. The van der Waals surface area contributed by atoms with Gasteiger partial charge in [-0.1, -0.05) is 51.1 Å². The zero-order valence-corrected chi connectivity index (χ0v) is 11.8. The Morgan fingerprint density at radius 3 is 2.56 bits per heavy atom. The Labute approximate surface area is 112 Å². The van der Waals surface area contributed by atoms with E-state index in [2.05, 4.69) is 10.3 Å². The number of nitrogens with one attached hydrogen (secondary N) is 1. The van der Waals surface area contributed by atoms with Crippen LogP contribution in [-0.2, 0) is 4.79 Å². The lowest BCUT2D eigenvalue weighted by Crippen LogP contribution is -2.08. The molecule has 0 saturated carbocycles. The Bertz CT molecular complexity index is 480. The van der Waals surface area contributed by atoms with Crippen molar-refractivity contribution in [2.45, 2.75) is 27.2 Å². The summed E-state index contributed by atoms with van der Waals surface area (Å²) in [7, 11) is 0. The molecule has 2 rings (SSSR count). The van der Waals surface area contributed by atoms with E-state index in [0.29, 0.717) is 11.6 Å². The van der Waals surface area contributed by atoms with Gasteiger partial charge >= 0.3 is 0 Å². The maximum absolute atomic E-state index is 11.2. The quantitative estimate of drug-likeness (QED) is 0.901. The van der Waals surface area contributed by atoms with Crippen LogP contribution in [0.5, 0.6) is 0 Å². The monoisotopic (exact) mass is 262 g/mol. The highest BCUT2D eigenvalue weighted by molar-refractivity contribution is 7.14. The first-order chi connectivity index (χ1) is 8.79. The van der Waals surface area contributed by atoms with E-state index in [0.717, 1.165) is 11.3 Å². The first kappa shape index (κ1) is 14.4. The maximum Gasteiger partial charge on any atom is 0.225 e. The van der Waals surface area contributed by atoms with Crippen LogP contribution in [0.25, 0.3) is 11.3 Å². The predicted molar refractivity (Wildman–Crippen MR) is 77.8 cm³/mol. The summed E-state index contributed by atoms with van der Waals surface area (Å²) in [6, 6.07) is 9.91. The lowest BCUT2D eigenvalue weighted by Gasteiger charge is -1.97. The van der Waals surface area contributed by atoms with Gasteiger partial charge in [-0.2, -0.15) is 0 Å². The van der Waals surface area contributed by atoms with Gasteiger partial charge in [0, 0.05) is 17.4 Å². The molecule has 0 spiro atoms. The molecule has 0 unspecified atom stereocenters. The lowest BCUT2D eigenvalue weighted by molar-refractivity contribution is -0.115. The molecule has 18 heavy (non-hydrogen) atoms. The molecule has 3 nitrogen and oxygen atoms in total. The molecule has 1 aromatic carbocycles. The maximum atomic E-state index is 11.2. The molecule has 0 aliphatic heterocycles. The molecule has 0 fully saturated rings. The second kappa shape index (κ2) is 7.61. The van der Waals surface area contributed by atoms with E-state index in [1.807, 2.05) is 56.5 Å². The summed E-state index contributed by atoms with van der Waals surface area (Å²) in [5.74, 6) is -0.00559. The summed E-state index contributed by atoms with van der Waals surface area (Å²) in [4.78, 5) is 15.5. The molecule has 1 N–H and O–H groups in total. The minimum Gasteiger partial charge on any atom is -0.302 e. The van der Waals surface area contributed by atoms with Crippen molar-refractivity contribution >= 4 is 22.4 Å². The number of anilines is 1. The summed E-state index contributed by atoms with van der Waals surface area (Å²) in [6.45, 7) is 5.82. The van der Waals surface area contributed by atoms with Crippen molar-refractivity contribution in [3.8, 4) is 11.3 Å². The zero-order chi connectivity index (χ0) is 13.4. The molecular formula is C14H18N2OS. The molecule has 0 saturated heterocycles. The van der Waals surface area contributed by atoms with Crippen molar-refractivity contribution in [2.75, 3.05) is 5.32 Å². The molecule has 0 aliphatic carbocycles. The van der Waals surface area contributed by atoms with Gasteiger partial charge in [0.2, 0.25) is 5.91 Å². The molecule has 1 aromatic heterocycles. The first-order valence-electron chi connectivity index (χ1n) is 6.10. The van der Waals surface area contributed by atoms with Crippen LogP contribution in [0.1, 0.15) is 27.2 Å². The Kier molecular flexibility index (Phi) is 6.08. The van der Waals surface area contributed by atoms with Crippen molar-refractivity contribution in [1.82, 2.24) is 4.98 Å². The third-order valence-electron chi connectivity index (χ3n) is 2.14. The number of rotatable bonds is 3. The van der Waals surface area contributed by atoms with Crippen LogP contribution in [0.2, 0.25) is 0 Å². The van der Waals surface area contributed by atoms with Crippen LogP contribution in [0.15, 0.2) is 35.7 Å². The molecule has 1 amide bonds. The van der Waals surface area contributed by atoms with Crippen LogP contribution in [0.4, 0.5) is 5.13 Å². The molecule has 96 valence electrons. The number of hydrogen-bond acceptors (Lipinski definition) is 3. The topological polar surface area (TPSA) is 42.0 Å². The molecular weight excluding hydrogens is 244 g/mol. The molecule has 2 aromatic rings. The Hall–Kier alpha value is -1.68. The smallest absolute Gasteiger partial charge is 0.225 e. The van der Waals surface area contributed by atoms with Crippen LogP contribution in [0.3, 0.4) is 0 Å². The van der Waals surface area contributed by atoms with Crippen LogP contribution in [-0.4, -0.2) is 10.9 Å². The van der Waals surface area contributed by atoms with E-state index in [4.69, 9.17) is 0 Å². The van der Waals surface area contributed by atoms with E-state index in [1.54, 1.807) is 0 Å². The molecule has 0 atom stereocenters. The normalized spacial score (nSPS) is 9.28.